The summed E-state index contributed by atoms with van der Waals surface area (Å²) in [4.78, 5) is 12.9. The number of nitrogens with one attached hydrogen (secondary N) is 1. The Morgan fingerprint density at radius 3 is 2.48 bits per heavy atom. The molecule has 1 amide bonds. The molecular weight excluding hydrogens is 364 g/mol. The molecule has 0 atom stereocenters. The fourth-order valence-electron chi connectivity index (χ4n) is 3.20. The fourth-order valence-corrected chi connectivity index (χ4v) is 4.74. The number of benzene rings is 2. The molecule has 0 saturated carbocycles. The molecule has 1 N–H and O–H groups in total. The molecule has 1 aliphatic heterocycles. The zero-order valence-electron chi connectivity index (χ0n) is 15.6. The van der Waals surface area contributed by atoms with Crippen molar-refractivity contribution >= 4 is 21.6 Å². The van der Waals surface area contributed by atoms with E-state index in [-0.39, 0.29) is 10.5 Å². The second kappa shape index (κ2) is 8.10. The van der Waals surface area contributed by atoms with E-state index >= 15 is 0 Å². The van der Waals surface area contributed by atoms with Crippen LogP contribution in [0.2, 0.25) is 0 Å². The first-order valence-corrected chi connectivity index (χ1v) is 10.4. The number of carbonyl (C=O) groups is 1. The number of hydrogen-bond acceptors (Lipinski definition) is 4. The van der Waals surface area contributed by atoms with Gasteiger partial charge in [-0.25, -0.2) is 8.42 Å². The standard InChI is InChI=1S/C20H24N2O4S/c1-15-7-6-8-16(13-15)21-20(23)18-14-17(9-10-19(18)26-2)27(24,25)22-11-4-3-5-12-22/h6-10,13-14H,3-5,11-12H2,1-2H3,(H,21,23). The summed E-state index contributed by atoms with van der Waals surface area (Å²) in [5.74, 6) is -0.0779. The van der Waals surface area contributed by atoms with E-state index in [9.17, 15) is 13.2 Å². The summed E-state index contributed by atoms with van der Waals surface area (Å²) in [5.41, 5.74) is 1.85. The lowest BCUT2D eigenvalue weighted by atomic mass is 10.1. The lowest BCUT2D eigenvalue weighted by molar-refractivity contribution is 0.102. The maximum absolute atomic E-state index is 12.9. The largest absolute Gasteiger partial charge is 0.496 e. The van der Waals surface area contributed by atoms with Gasteiger partial charge in [-0.05, 0) is 55.7 Å². The first kappa shape index (κ1) is 19.4. The van der Waals surface area contributed by atoms with Gasteiger partial charge >= 0.3 is 0 Å². The van der Waals surface area contributed by atoms with Crippen LogP contribution in [0.4, 0.5) is 5.69 Å². The van der Waals surface area contributed by atoms with E-state index in [1.807, 2.05) is 25.1 Å². The van der Waals surface area contributed by atoms with Crippen LogP contribution in [0.25, 0.3) is 0 Å². The Morgan fingerprint density at radius 2 is 1.81 bits per heavy atom. The van der Waals surface area contributed by atoms with E-state index in [1.165, 1.54) is 29.6 Å². The first-order valence-electron chi connectivity index (χ1n) is 8.98. The highest BCUT2D eigenvalue weighted by Gasteiger charge is 2.27. The maximum Gasteiger partial charge on any atom is 0.259 e. The second-order valence-electron chi connectivity index (χ2n) is 6.65. The Morgan fingerprint density at radius 1 is 1.07 bits per heavy atom. The Hall–Kier alpha value is -2.38. The molecule has 0 spiro atoms. The molecule has 2 aromatic carbocycles. The average molecular weight is 388 g/mol. The number of aryl methyl sites for hydroxylation is 1. The van der Waals surface area contributed by atoms with Gasteiger partial charge in [-0.2, -0.15) is 4.31 Å². The molecule has 7 heteroatoms. The molecule has 0 aromatic heterocycles. The number of piperidine rings is 1. The molecule has 0 bridgehead atoms. The van der Waals surface area contributed by atoms with Gasteiger partial charge in [-0.15, -0.1) is 0 Å². The Labute approximate surface area is 160 Å². The number of sulfonamides is 1. The first-order chi connectivity index (χ1) is 12.9. The molecule has 0 unspecified atom stereocenters. The number of methoxy groups -OCH3 is 1. The third kappa shape index (κ3) is 4.31. The van der Waals surface area contributed by atoms with Crippen molar-refractivity contribution in [2.45, 2.75) is 31.1 Å². The van der Waals surface area contributed by atoms with Crippen LogP contribution in [0, 0.1) is 6.92 Å². The molecule has 2 aromatic rings. The highest BCUT2D eigenvalue weighted by Crippen LogP contribution is 2.27. The Balaban J connectivity index is 1.92. The van der Waals surface area contributed by atoms with Gasteiger partial charge in [-0.1, -0.05) is 18.6 Å². The van der Waals surface area contributed by atoms with Gasteiger partial charge in [0.25, 0.3) is 5.91 Å². The summed E-state index contributed by atoms with van der Waals surface area (Å²) in [6.07, 6.45) is 2.75. The molecule has 144 valence electrons. The molecule has 0 radical (unpaired) electrons. The third-order valence-corrected chi connectivity index (χ3v) is 6.54. The SMILES string of the molecule is COc1ccc(S(=O)(=O)N2CCCCC2)cc1C(=O)Nc1cccc(C)c1. The van der Waals surface area contributed by atoms with Crippen LogP contribution in [-0.2, 0) is 10.0 Å². The zero-order chi connectivity index (χ0) is 19.4. The predicted octanol–water partition coefficient (Wildman–Crippen LogP) is 3.43. The van der Waals surface area contributed by atoms with Gasteiger partial charge < -0.3 is 10.1 Å². The van der Waals surface area contributed by atoms with E-state index in [4.69, 9.17) is 4.74 Å². The predicted molar refractivity (Wildman–Crippen MR) is 105 cm³/mol. The minimum absolute atomic E-state index is 0.111. The number of amides is 1. The van der Waals surface area contributed by atoms with Gasteiger partial charge in [-0.3, -0.25) is 4.79 Å². The van der Waals surface area contributed by atoms with Crippen LogP contribution in [0.5, 0.6) is 5.75 Å². The van der Waals surface area contributed by atoms with Crippen LogP contribution in [0.15, 0.2) is 47.4 Å². The molecule has 3 rings (SSSR count). The van der Waals surface area contributed by atoms with Crippen molar-refractivity contribution in [1.29, 1.82) is 0 Å². The summed E-state index contributed by atoms with van der Waals surface area (Å²) < 4.78 is 32.6. The third-order valence-electron chi connectivity index (χ3n) is 4.64. The van der Waals surface area contributed by atoms with Gasteiger partial charge in [0.1, 0.15) is 5.75 Å². The molecule has 6 nitrogen and oxygen atoms in total. The topological polar surface area (TPSA) is 75.7 Å². The number of anilines is 1. The number of hydrogen-bond donors (Lipinski definition) is 1. The van der Waals surface area contributed by atoms with E-state index in [0.717, 1.165) is 24.8 Å². The summed E-state index contributed by atoms with van der Waals surface area (Å²) in [6.45, 7) is 2.96. The monoisotopic (exact) mass is 388 g/mol. The smallest absolute Gasteiger partial charge is 0.259 e. The van der Waals surface area contributed by atoms with Crippen molar-refractivity contribution in [3.63, 3.8) is 0 Å². The van der Waals surface area contributed by atoms with E-state index in [0.29, 0.717) is 24.5 Å². The van der Waals surface area contributed by atoms with E-state index < -0.39 is 15.9 Å². The second-order valence-corrected chi connectivity index (χ2v) is 8.59. The summed E-state index contributed by atoms with van der Waals surface area (Å²) in [5, 5.41) is 2.80. The minimum Gasteiger partial charge on any atom is -0.496 e. The van der Waals surface area contributed by atoms with Gasteiger partial charge in [0.05, 0.1) is 17.6 Å². The number of carbonyl (C=O) groups excluding carboxylic acids is 1. The lowest BCUT2D eigenvalue weighted by Crippen LogP contribution is -2.35. The van der Waals surface area contributed by atoms with Crippen molar-refractivity contribution in [1.82, 2.24) is 4.31 Å². The fraction of sp³-hybridized carbons (Fsp3) is 0.350. The summed E-state index contributed by atoms with van der Waals surface area (Å²) in [7, 11) is -2.17. The van der Waals surface area contributed by atoms with Crippen LogP contribution in [-0.4, -0.2) is 38.8 Å². The Bertz CT molecular complexity index is 935. The molecule has 1 saturated heterocycles. The van der Waals surface area contributed by atoms with Crippen LogP contribution in [0.1, 0.15) is 35.2 Å². The Kier molecular flexibility index (Phi) is 5.82. The highest BCUT2D eigenvalue weighted by molar-refractivity contribution is 7.89. The number of ether oxygens (including phenoxy) is 1. The van der Waals surface area contributed by atoms with Gasteiger partial charge in [0.15, 0.2) is 0 Å². The highest BCUT2D eigenvalue weighted by atomic mass is 32.2. The normalized spacial score (nSPS) is 15.3. The molecular formula is C20H24N2O4S. The molecule has 0 aliphatic carbocycles. The molecule has 27 heavy (non-hydrogen) atoms. The van der Waals surface area contributed by atoms with Gasteiger partial charge in [0.2, 0.25) is 10.0 Å². The average Bonchev–Trinajstić information content (AvgIpc) is 2.68. The van der Waals surface area contributed by atoms with Crippen molar-refractivity contribution < 1.29 is 17.9 Å². The number of rotatable bonds is 5. The van der Waals surface area contributed by atoms with E-state index in [2.05, 4.69) is 5.32 Å². The van der Waals surface area contributed by atoms with Crippen molar-refractivity contribution in [3.05, 3.63) is 53.6 Å². The van der Waals surface area contributed by atoms with Crippen molar-refractivity contribution in [2.75, 3.05) is 25.5 Å². The van der Waals surface area contributed by atoms with Crippen molar-refractivity contribution in [2.24, 2.45) is 0 Å². The maximum atomic E-state index is 12.9. The zero-order valence-corrected chi connectivity index (χ0v) is 16.4. The number of nitrogens with zero attached hydrogens (tertiary/aromatic N) is 1. The van der Waals surface area contributed by atoms with Gasteiger partial charge in [0, 0.05) is 18.8 Å². The molecule has 1 aliphatic rings. The van der Waals surface area contributed by atoms with Crippen LogP contribution in [0.3, 0.4) is 0 Å². The van der Waals surface area contributed by atoms with Crippen LogP contribution < -0.4 is 10.1 Å². The lowest BCUT2D eigenvalue weighted by Gasteiger charge is -2.26. The quantitative estimate of drug-likeness (QED) is 0.851. The summed E-state index contributed by atoms with van der Waals surface area (Å²) in [6, 6.07) is 11.8. The molecule has 1 fully saturated rings. The van der Waals surface area contributed by atoms with E-state index in [1.54, 1.807) is 6.07 Å². The van der Waals surface area contributed by atoms with Crippen molar-refractivity contribution in [3.8, 4) is 5.75 Å². The summed E-state index contributed by atoms with van der Waals surface area (Å²) >= 11 is 0. The molecule has 1 heterocycles. The minimum atomic E-state index is -3.62. The van der Waals surface area contributed by atoms with Crippen LogP contribution >= 0.6 is 0 Å².